The van der Waals surface area contributed by atoms with Crippen molar-refractivity contribution in [1.29, 1.82) is 0 Å². The summed E-state index contributed by atoms with van der Waals surface area (Å²) in [6.07, 6.45) is 0. The second kappa shape index (κ2) is 8.35. The van der Waals surface area contributed by atoms with Gasteiger partial charge in [-0.1, -0.05) is 0 Å². The van der Waals surface area contributed by atoms with E-state index in [1.54, 1.807) is 26.2 Å². The number of aryl methyl sites for hydroxylation is 2. The van der Waals surface area contributed by atoms with Gasteiger partial charge in [-0.3, -0.25) is 9.59 Å². The molecule has 0 aliphatic carbocycles. The number of rotatable bonds is 4. The van der Waals surface area contributed by atoms with Crippen molar-refractivity contribution >= 4 is 28.6 Å². The van der Waals surface area contributed by atoms with Crippen LogP contribution in [0.25, 0.3) is 5.69 Å². The van der Waals surface area contributed by atoms with Crippen molar-refractivity contribution in [1.82, 2.24) is 9.47 Å². The summed E-state index contributed by atoms with van der Waals surface area (Å²) in [7, 11) is 3.43. The Balaban J connectivity index is 1.67. The van der Waals surface area contributed by atoms with Crippen LogP contribution in [0.15, 0.2) is 65.6 Å². The molecule has 3 aromatic rings. The Morgan fingerprint density at radius 3 is 1.96 bits per heavy atom. The first-order valence-corrected chi connectivity index (χ1v) is 9.73. The molecule has 2 aromatic carbocycles. The van der Waals surface area contributed by atoms with Gasteiger partial charge in [0.15, 0.2) is 0 Å². The van der Waals surface area contributed by atoms with Gasteiger partial charge in [0.05, 0.1) is 0 Å². The summed E-state index contributed by atoms with van der Waals surface area (Å²) in [6.45, 7) is 4.11. The summed E-state index contributed by atoms with van der Waals surface area (Å²) in [4.78, 5) is 26.6. The van der Waals surface area contributed by atoms with Crippen LogP contribution in [0.2, 0.25) is 0 Å². The van der Waals surface area contributed by atoms with Crippen molar-refractivity contribution in [2.24, 2.45) is 0 Å². The topological polar surface area (TPSA) is 54.3 Å². The molecule has 0 saturated heterocycles. The minimum Gasteiger partial charge on any atom is -0.339 e. The molecule has 2 amide bonds. The van der Waals surface area contributed by atoms with Crippen LogP contribution >= 0.6 is 11.8 Å². The lowest BCUT2D eigenvalue weighted by Crippen LogP contribution is -2.16. The summed E-state index contributed by atoms with van der Waals surface area (Å²) >= 11 is 1.15. The van der Waals surface area contributed by atoms with E-state index in [1.165, 1.54) is 4.90 Å². The number of nitrogens with zero attached hydrogens (tertiary/aromatic N) is 2. The van der Waals surface area contributed by atoms with E-state index in [0.29, 0.717) is 11.3 Å². The van der Waals surface area contributed by atoms with Crippen LogP contribution in [0.3, 0.4) is 0 Å². The molecule has 0 saturated carbocycles. The third kappa shape index (κ3) is 4.46. The molecule has 3 rings (SSSR count). The van der Waals surface area contributed by atoms with Crippen LogP contribution in [-0.4, -0.2) is 34.7 Å². The minimum atomic E-state index is -0.169. The molecule has 0 radical (unpaired) electrons. The molecule has 0 fully saturated rings. The number of hydrogen-bond donors (Lipinski definition) is 1. The SMILES string of the molecule is Cc1ccc(C)n1-c1ccc(C(=O)Nc2ccc(SC(=O)N(C)C)cc2)cc1. The Bertz CT molecular complexity index is 970. The molecule has 1 heterocycles. The maximum Gasteiger partial charge on any atom is 0.285 e. The van der Waals surface area contributed by atoms with Crippen LogP contribution in [0.1, 0.15) is 21.7 Å². The van der Waals surface area contributed by atoms with E-state index in [0.717, 1.165) is 33.7 Å². The third-order valence-corrected chi connectivity index (χ3v) is 5.39. The average Bonchev–Trinajstić information content (AvgIpc) is 3.01. The van der Waals surface area contributed by atoms with Crippen molar-refractivity contribution in [3.63, 3.8) is 0 Å². The van der Waals surface area contributed by atoms with Gasteiger partial charge in [0.1, 0.15) is 0 Å². The van der Waals surface area contributed by atoms with E-state index < -0.39 is 0 Å². The molecule has 1 N–H and O–H groups in total. The largest absolute Gasteiger partial charge is 0.339 e. The smallest absolute Gasteiger partial charge is 0.285 e. The van der Waals surface area contributed by atoms with E-state index in [4.69, 9.17) is 0 Å². The van der Waals surface area contributed by atoms with Crippen LogP contribution in [0, 0.1) is 13.8 Å². The van der Waals surface area contributed by atoms with Gasteiger partial charge in [-0.05, 0) is 86.3 Å². The molecule has 0 atom stereocenters. The Labute approximate surface area is 169 Å². The summed E-state index contributed by atoms with van der Waals surface area (Å²) in [6, 6.07) is 18.9. The Morgan fingerprint density at radius 2 is 1.43 bits per heavy atom. The van der Waals surface area contributed by atoms with Gasteiger partial charge in [0.25, 0.3) is 11.1 Å². The molecular weight excluding hydrogens is 370 g/mol. The summed E-state index contributed by atoms with van der Waals surface area (Å²) in [5.74, 6) is -0.169. The first-order chi connectivity index (χ1) is 13.3. The van der Waals surface area contributed by atoms with Crippen LogP contribution in [0.4, 0.5) is 10.5 Å². The number of carbonyl (C=O) groups is 2. The molecule has 0 aliphatic rings. The number of nitrogens with one attached hydrogen (secondary N) is 1. The number of aromatic nitrogens is 1. The van der Waals surface area contributed by atoms with Crippen LogP contribution < -0.4 is 5.32 Å². The van der Waals surface area contributed by atoms with Gasteiger partial charge in [-0.2, -0.15) is 0 Å². The van der Waals surface area contributed by atoms with Gasteiger partial charge in [-0.15, -0.1) is 0 Å². The van der Waals surface area contributed by atoms with Gasteiger partial charge in [0.2, 0.25) is 0 Å². The zero-order chi connectivity index (χ0) is 20.3. The Morgan fingerprint density at radius 1 is 0.857 bits per heavy atom. The maximum atomic E-state index is 12.5. The second-order valence-corrected chi connectivity index (χ2v) is 7.76. The van der Waals surface area contributed by atoms with E-state index in [9.17, 15) is 9.59 Å². The molecule has 5 nitrogen and oxygen atoms in total. The molecule has 0 bridgehead atoms. The molecule has 28 heavy (non-hydrogen) atoms. The lowest BCUT2D eigenvalue weighted by molar-refractivity contribution is 0.102. The molecule has 0 unspecified atom stereocenters. The Hall–Kier alpha value is -2.99. The fourth-order valence-corrected chi connectivity index (χ4v) is 3.50. The second-order valence-electron chi connectivity index (χ2n) is 6.74. The highest BCUT2D eigenvalue weighted by Crippen LogP contribution is 2.23. The average molecular weight is 394 g/mol. The highest BCUT2D eigenvalue weighted by molar-refractivity contribution is 8.13. The summed E-state index contributed by atoms with van der Waals surface area (Å²) < 4.78 is 2.15. The predicted octanol–water partition coefficient (Wildman–Crippen LogP) is 5.12. The molecule has 6 heteroatoms. The quantitative estimate of drug-likeness (QED) is 0.626. The lowest BCUT2D eigenvalue weighted by Gasteiger charge is -2.11. The van der Waals surface area contributed by atoms with Crippen LogP contribution in [-0.2, 0) is 0 Å². The highest BCUT2D eigenvalue weighted by atomic mass is 32.2. The number of amides is 2. The first-order valence-electron chi connectivity index (χ1n) is 8.91. The number of benzene rings is 2. The van der Waals surface area contributed by atoms with Gasteiger partial charge in [0, 0.05) is 47.3 Å². The number of anilines is 1. The highest BCUT2D eigenvalue weighted by Gasteiger charge is 2.10. The van der Waals surface area contributed by atoms with Crippen molar-refractivity contribution in [3.05, 3.63) is 77.6 Å². The normalized spacial score (nSPS) is 10.6. The van der Waals surface area contributed by atoms with Crippen molar-refractivity contribution in [2.75, 3.05) is 19.4 Å². The number of carbonyl (C=O) groups excluding carboxylic acids is 2. The summed E-state index contributed by atoms with van der Waals surface area (Å²) in [5.41, 5.74) is 4.62. The first kappa shape index (κ1) is 19.8. The summed E-state index contributed by atoms with van der Waals surface area (Å²) in [5, 5.41) is 2.85. The van der Waals surface area contributed by atoms with Gasteiger partial charge in [-0.25, -0.2) is 0 Å². The van der Waals surface area contributed by atoms with E-state index in [2.05, 4.69) is 35.9 Å². The Kier molecular flexibility index (Phi) is 5.90. The van der Waals surface area contributed by atoms with Crippen molar-refractivity contribution in [2.45, 2.75) is 18.7 Å². The minimum absolute atomic E-state index is 0.0370. The fraction of sp³-hybridized carbons (Fsp3) is 0.182. The predicted molar refractivity (Wildman–Crippen MR) is 115 cm³/mol. The zero-order valence-corrected chi connectivity index (χ0v) is 17.2. The standard InChI is InChI=1S/C22H23N3O2S/c1-15-5-6-16(2)25(15)19-11-7-17(8-12-19)21(26)23-18-9-13-20(14-10-18)28-22(27)24(3)4/h5-14H,1-4H3,(H,23,26). The fourth-order valence-electron chi connectivity index (χ4n) is 2.84. The van der Waals surface area contributed by atoms with E-state index >= 15 is 0 Å². The van der Waals surface area contributed by atoms with E-state index in [-0.39, 0.29) is 11.1 Å². The van der Waals surface area contributed by atoms with Crippen LogP contribution in [0.5, 0.6) is 0 Å². The molecule has 0 spiro atoms. The zero-order valence-electron chi connectivity index (χ0n) is 16.4. The number of hydrogen-bond acceptors (Lipinski definition) is 3. The molecule has 1 aromatic heterocycles. The third-order valence-electron chi connectivity index (χ3n) is 4.34. The van der Waals surface area contributed by atoms with E-state index in [1.807, 2.05) is 36.4 Å². The maximum absolute atomic E-state index is 12.5. The molecular formula is C22H23N3O2S. The van der Waals surface area contributed by atoms with Crippen molar-refractivity contribution < 1.29 is 9.59 Å². The number of thioether (sulfide) groups is 1. The van der Waals surface area contributed by atoms with Gasteiger partial charge < -0.3 is 14.8 Å². The molecule has 0 aliphatic heterocycles. The monoisotopic (exact) mass is 393 g/mol. The van der Waals surface area contributed by atoms with Crippen molar-refractivity contribution in [3.8, 4) is 5.69 Å². The molecule has 144 valence electrons. The van der Waals surface area contributed by atoms with Gasteiger partial charge >= 0.3 is 0 Å². The lowest BCUT2D eigenvalue weighted by atomic mass is 10.2.